The number of rotatable bonds is 6. The van der Waals surface area contributed by atoms with Crippen molar-refractivity contribution in [2.24, 2.45) is 11.8 Å². The first-order valence-electron chi connectivity index (χ1n) is 9.85. The Bertz CT molecular complexity index is 760. The highest BCUT2D eigenvalue weighted by Gasteiger charge is 2.49. The molecule has 1 aromatic rings. The van der Waals surface area contributed by atoms with Gasteiger partial charge in [0.05, 0.1) is 6.04 Å². The van der Waals surface area contributed by atoms with Gasteiger partial charge < -0.3 is 14.5 Å². The van der Waals surface area contributed by atoms with Crippen LogP contribution >= 0.6 is 0 Å². The summed E-state index contributed by atoms with van der Waals surface area (Å²) in [6.45, 7) is 5.90. The quantitative estimate of drug-likeness (QED) is 0.704. The normalized spacial score (nSPS) is 23.6. The second-order valence-electron chi connectivity index (χ2n) is 8.02. The number of hydrogen-bond donors (Lipinski definition) is 0. The van der Waals surface area contributed by atoms with Gasteiger partial charge in [-0.2, -0.15) is 0 Å². The number of methoxy groups -OCH3 is 1. The zero-order valence-corrected chi connectivity index (χ0v) is 16.9. The number of fused-ring (bicyclic) bond motifs is 1. The van der Waals surface area contributed by atoms with Gasteiger partial charge in [0.1, 0.15) is 12.4 Å². The Labute approximate surface area is 166 Å². The Morgan fingerprint density at radius 2 is 2.00 bits per heavy atom. The molecule has 3 atom stereocenters. The second kappa shape index (κ2) is 8.86. The minimum absolute atomic E-state index is 0.0105. The molecule has 0 radical (unpaired) electrons. The smallest absolute Gasteiger partial charge is 0.249 e. The fourth-order valence-corrected chi connectivity index (χ4v) is 4.47. The maximum absolute atomic E-state index is 13.9. The molecule has 2 amide bonds. The van der Waals surface area contributed by atoms with E-state index in [0.717, 1.165) is 12.0 Å². The van der Waals surface area contributed by atoms with Gasteiger partial charge in [-0.15, -0.1) is 0 Å². The van der Waals surface area contributed by atoms with Crippen molar-refractivity contribution in [1.82, 2.24) is 9.80 Å². The molecule has 0 saturated carbocycles. The Balaban J connectivity index is 1.76. The Morgan fingerprint density at radius 3 is 2.68 bits per heavy atom. The standard InChI is InChI=1S/C22H29FN2O3/c1-15(2)6-4-9-20(26)24-11-17-12-25(21(27)14-28-3)22(19(17)13-24)16-7-5-8-18(23)10-16/h5-8,10,17,19,22H,4,9,11-14H2,1-3H3/t17-,19-,22+/m1/s1. The molecule has 0 aliphatic carbocycles. The van der Waals surface area contributed by atoms with E-state index in [2.05, 4.69) is 6.08 Å². The maximum atomic E-state index is 13.9. The van der Waals surface area contributed by atoms with Crippen molar-refractivity contribution in [3.8, 4) is 0 Å². The van der Waals surface area contributed by atoms with Crippen LogP contribution < -0.4 is 0 Å². The van der Waals surface area contributed by atoms with Crippen LogP contribution in [0.1, 0.15) is 38.3 Å². The number of ether oxygens (including phenoxy) is 1. The molecule has 3 rings (SSSR count). The van der Waals surface area contributed by atoms with Gasteiger partial charge in [-0.1, -0.05) is 23.8 Å². The summed E-state index contributed by atoms with van der Waals surface area (Å²) in [6.07, 6.45) is 3.33. The van der Waals surface area contributed by atoms with Crippen LogP contribution in [0.2, 0.25) is 0 Å². The van der Waals surface area contributed by atoms with Crippen LogP contribution in [0.15, 0.2) is 35.9 Å². The molecule has 2 heterocycles. The Morgan fingerprint density at radius 1 is 1.21 bits per heavy atom. The van der Waals surface area contributed by atoms with Crippen LogP contribution in [-0.4, -0.2) is 55.0 Å². The highest BCUT2D eigenvalue weighted by molar-refractivity contribution is 5.79. The number of halogens is 1. The lowest BCUT2D eigenvalue weighted by molar-refractivity contribution is -0.137. The van der Waals surface area contributed by atoms with E-state index in [0.29, 0.717) is 26.1 Å². The monoisotopic (exact) mass is 388 g/mol. The number of allylic oxidation sites excluding steroid dienone is 2. The van der Waals surface area contributed by atoms with Crippen molar-refractivity contribution in [2.45, 2.75) is 32.7 Å². The van der Waals surface area contributed by atoms with Gasteiger partial charge in [-0.25, -0.2) is 4.39 Å². The van der Waals surface area contributed by atoms with E-state index in [1.54, 1.807) is 11.0 Å². The van der Waals surface area contributed by atoms with Crippen LogP contribution in [0.4, 0.5) is 4.39 Å². The van der Waals surface area contributed by atoms with E-state index >= 15 is 0 Å². The zero-order valence-electron chi connectivity index (χ0n) is 16.9. The molecule has 0 bridgehead atoms. The van der Waals surface area contributed by atoms with Crippen molar-refractivity contribution in [2.75, 3.05) is 33.4 Å². The molecule has 28 heavy (non-hydrogen) atoms. The number of amides is 2. The summed E-state index contributed by atoms with van der Waals surface area (Å²) in [5, 5.41) is 0. The number of carbonyl (C=O) groups is 2. The lowest BCUT2D eigenvalue weighted by Crippen LogP contribution is -2.38. The summed E-state index contributed by atoms with van der Waals surface area (Å²) < 4.78 is 18.9. The molecule has 0 aromatic heterocycles. The van der Waals surface area contributed by atoms with Crippen molar-refractivity contribution >= 4 is 11.8 Å². The number of carbonyl (C=O) groups excluding carboxylic acids is 2. The number of nitrogens with zero attached hydrogens (tertiary/aromatic N) is 2. The van der Waals surface area contributed by atoms with Gasteiger partial charge in [0.15, 0.2) is 0 Å². The summed E-state index contributed by atoms with van der Waals surface area (Å²) in [7, 11) is 1.50. The minimum atomic E-state index is -0.312. The average Bonchev–Trinajstić information content (AvgIpc) is 3.19. The Hall–Kier alpha value is -2.21. The molecule has 5 nitrogen and oxygen atoms in total. The zero-order chi connectivity index (χ0) is 20.3. The molecule has 0 spiro atoms. The van der Waals surface area contributed by atoms with Gasteiger partial charge in [-0.3, -0.25) is 9.59 Å². The van der Waals surface area contributed by atoms with Crippen LogP contribution in [0.5, 0.6) is 0 Å². The average molecular weight is 388 g/mol. The summed E-state index contributed by atoms with van der Waals surface area (Å²) in [5.41, 5.74) is 2.00. The Kier molecular flexibility index (Phi) is 6.50. The third-order valence-electron chi connectivity index (χ3n) is 5.71. The molecular formula is C22H29FN2O3. The van der Waals surface area contributed by atoms with Gasteiger partial charge in [-0.05, 0) is 38.0 Å². The maximum Gasteiger partial charge on any atom is 0.249 e. The molecule has 2 saturated heterocycles. The summed E-state index contributed by atoms with van der Waals surface area (Å²) in [6, 6.07) is 6.22. The van der Waals surface area contributed by atoms with Crippen molar-refractivity contribution in [3.05, 3.63) is 47.3 Å². The van der Waals surface area contributed by atoms with Gasteiger partial charge in [0, 0.05) is 45.0 Å². The van der Waals surface area contributed by atoms with Crippen LogP contribution in [0, 0.1) is 17.7 Å². The minimum Gasteiger partial charge on any atom is -0.375 e. The predicted octanol–water partition coefficient (Wildman–Crippen LogP) is 3.18. The van der Waals surface area contributed by atoms with E-state index in [4.69, 9.17) is 4.74 Å². The predicted molar refractivity (Wildman–Crippen MR) is 105 cm³/mol. The number of likely N-dealkylation sites (tertiary alicyclic amines) is 2. The molecule has 2 fully saturated rings. The third kappa shape index (κ3) is 4.43. The molecule has 2 aliphatic rings. The summed E-state index contributed by atoms with van der Waals surface area (Å²) >= 11 is 0. The van der Waals surface area contributed by atoms with E-state index in [1.807, 2.05) is 24.8 Å². The topological polar surface area (TPSA) is 49.9 Å². The van der Waals surface area contributed by atoms with Crippen LogP contribution in [0.3, 0.4) is 0 Å². The van der Waals surface area contributed by atoms with Crippen molar-refractivity contribution in [3.63, 3.8) is 0 Å². The molecular weight excluding hydrogens is 359 g/mol. The van der Waals surface area contributed by atoms with Gasteiger partial charge >= 0.3 is 0 Å². The molecule has 152 valence electrons. The van der Waals surface area contributed by atoms with Gasteiger partial charge in [0.25, 0.3) is 0 Å². The first kappa shape index (κ1) is 20.5. The molecule has 0 N–H and O–H groups in total. The van der Waals surface area contributed by atoms with Crippen LogP contribution in [-0.2, 0) is 14.3 Å². The summed E-state index contributed by atoms with van der Waals surface area (Å²) in [4.78, 5) is 28.9. The fraction of sp³-hybridized carbons (Fsp3) is 0.545. The second-order valence-corrected chi connectivity index (χ2v) is 8.02. The molecule has 2 aliphatic heterocycles. The first-order chi connectivity index (χ1) is 13.4. The SMILES string of the molecule is COCC(=O)N1C[C@H]2CN(C(=O)CCC=C(C)C)C[C@H]2[C@@H]1c1cccc(F)c1. The largest absolute Gasteiger partial charge is 0.375 e. The van der Waals surface area contributed by atoms with Gasteiger partial charge in [0.2, 0.25) is 11.8 Å². The highest BCUT2D eigenvalue weighted by Crippen LogP contribution is 2.45. The van der Waals surface area contributed by atoms with E-state index in [9.17, 15) is 14.0 Å². The van der Waals surface area contributed by atoms with Crippen LogP contribution in [0.25, 0.3) is 0 Å². The number of hydrogen-bond acceptors (Lipinski definition) is 3. The fourth-order valence-electron chi connectivity index (χ4n) is 4.47. The molecule has 0 unspecified atom stereocenters. The van der Waals surface area contributed by atoms with E-state index in [-0.39, 0.29) is 42.1 Å². The third-order valence-corrected chi connectivity index (χ3v) is 5.71. The first-order valence-corrected chi connectivity index (χ1v) is 9.85. The highest BCUT2D eigenvalue weighted by atomic mass is 19.1. The van der Waals surface area contributed by atoms with E-state index in [1.165, 1.54) is 24.8 Å². The van der Waals surface area contributed by atoms with Crippen molar-refractivity contribution < 1.29 is 18.7 Å². The number of benzene rings is 1. The van der Waals surface area contributed by atoms with Crippen molar-refractivity contribution in [1.29, 1.82) is 0 Å². The lowest BCUT2D eigenvalue weighted by Gasteiger charge is -2.30. The summed E-state index contributed by atoms with van der Waals surface area (Å²) in [5.74, 6) is 0.0801. The molecule has 1 aromatic carbocycles. The van der Waals surface area contributed by atoms with E-state index < -0.39 is 0 Å². The molecule has 6 heteroatoms. The lowest BCUT2D eigenvalue weighted by atomic mass is 9.89.